The first-order valence-electron chi connectivity index (χ1n) is 7.89. The fourth-order valence-corrected chi connectivity index (χ4v) is 2.16. The van der Waals surface area contributed by atoms with Crippen LogP contribution in [0.2, 0.25) is 0 Å². The highest BCUT2D eigenvalue weighted by Gasteiger charge is 2.23. The monoisotopic (exact) mass is 374 g/mol. The first-order chi connectivity index (χ1) is 12.8. The number of rotatable bonds is 7. The van der Waals surface area contributed by atoms with Crippen LogP contribution in [0.1, 0.15) is 22.8 Å². The van der Waals surface area contributed by atoms with E-state index in [0.29, 0.717) is 5.56 Å². The van der Waals surface area contributed by atoms with Crippen LogP contribution in [0.15, 0.2) is 42.5 Å². The molecular formula is C18H18N2O7. The molecule has 1 amide bonds. The number of carbonyl (C=O) groups is 2. The van der Waals surface area contributed by atoms with Crippen molar-refractivity contribution in [3.05, 3.63) is 63.7 Å². The Morgan fingerprint density at radius 2 is 1.89 bits per heavy atom. The summed E-state index contributed by atoms with van der Waals surface area (Å²) in [6, 6.07) is 10.0. The van der Waals surface area contributed by atoms with E-state index in [-0.39, 0.29) is 29.3 Å². The number of nitrogens with one attached hydrogen (secondary N) is 1. The van der Waals surface area contributed by atoms with Crippen LogP contribution in [-0.4, -0.2) is 35.1 Å². The summed E-state index contributed by atoms with van der Waals surface area (Å²) in [5, 5.41) is 22.5. The van der Waals surface area contributed by atoms with Gasteiger partial charge in [0.25, 0.3) is 11.6 Å². The number of methoxy groups -OCH3 is 1. The minimum atomic E-state index is -1.18. The number of aliphatic hydroxyl groups is 1. The third kappa shape index (κ3) is 5.02. The number of nitro groups is 1. The number of anilines is 1. The highest BCUT2D eigenvalue weighted by Crippen LogP contribution is 2.29. The molecule has 0 bridgehead atoms. The van der Waals surface area contributed by atoms with E-state index in [0.717, 1.165) is 0 Å². The number of ether oxygens (including phenoxy) is 2. The van der Waals surface area contributed by atoms with Gasteiger partial charge in [-0.05, 0) is 36.8 Å². The molecule has 0 aliphatic heterocycles. The number of amides is 1. The van der Waals surface area contributed by atoms with Crippen LogP contribution in [0.25, 0.3) is 0 Å². The van der Waals surface area contributed by atoms with E-state index in [9.17, 15) is 19.7 Å². The van der Waals surface area contributed by atoms with Crippen molar-refractivity contribution < 1.29 is 29.1 Å². The standard InChI is InChI=1S/C18H18N2O7/c1-11(27-18(23)13-5-3-12(10-21)4-6-13)17(22)19-15-8-7-14(26-2)9-16(15)20(24)25/h3-9,11,21H,10H2,1-2H3,(H,19,22)/t11-/m1/s1. The Labute approximate surface area is 154 Å². The molecule has 27 heavy (non-hydrogen) atoms. The van der Waals surface area contributed by atoms with Crippen LogP contribution in [0.4, 0.5) is 11.4 Å². The lowest BCUT2D eigenvalue weighted by Crippen LogP contribution is -2.30. The van der Waals surface area contributed by atoms with E-state index in [4.69, 9.17) is 14.6 Å². The van der Waals surface area contributed by atoms with E-state index in [2.05, 4.69) is 5.32 Å². The number of carbonyl (C=O) groups excluding carboxylic acids is 2. The van der Waals surface area contributed by atoms with Gasteiger partial charge in [0.15, 0.2) is 6.10 Å². The summed E-state index contributed by atoms with van der Waals surface area (Å²) in [6.45, 7) is 1.19. The second-order valence-electron chi connectivity index (χ2n) is 5.53. The quantitative estimate of drug-likeness (QED) is 0.432. The van der Waals surface area contributed by atoms with Gasteiger partial charge in [0.1, 0.15) is 11.4 Å². The number of aliphatic hydroxyl groups excluding tert-OH is 1. The van der Waals surface area contributed by atoms with Crippen LogP contribution >= 0.6 is 0 Å². The first kappa shape index (κ1) is 19.9. The van der Waals surface area contributed by atoms with Gasteiger partial charge in [-0.15, -0.1) is 0 Å². The zero-order valence-electron chi connectivity index (χ0n) is 14.7. The topological polar surface area (TPSA) is 128 Å². The summed E-state index contributed by atoms with van der Waals surface area (Å²) in [5.41, 5.74) is 0.452. The van der Waals surface area contributed by atoms with Gasteiger partial charge in [-0.25, -0.2) is 4.79 Å². The first-order valence-corrected chi connectivity index (χ1v) is 7.89. The van der Waals surface area contributed by atoms with E-state index < -0.39 is 22.9 Å². The van der Waals surface area contributed by atoms with Crippen LogP contribution < -0.4 is 10.1 Å². The summed E-state index contributed by atoms with van der Waals surface area (Å²) in [7, 11) is 1.37. The van der Waals surface area contributed by atoms with Crippen molar-refractivity contribution in [2.75, 3.05) is 12.4 Å². The highest BCUT2D eigenvalue weighted by molar-refractivity contribution is 5.98. The van der Waals surface area contributed by atoms with Gasteiger partial charge in [-0.1, -0.05) is 12.1 Å². The number of benzene rings is 2. The van der Waals surface area contributed by atoms with Gasteiger partial charge in [0.05, 0.1) is 30.3 Å². The molecule has 0 radical (unpaired) electrons. The summed E-state index contributed by atoms with van der Waals surface area (Å²) >= 11 is 0. The lowest BCUT2D eigenvalue weighted by atomic mass is 10.1. The Kier molecular flexibility index (Phi) is 6.45. The number of hydrogen-bond donors (Lipinski definition) is 2. The average Bonchev–Trinajstić information content (AvgIpc) is 2.67. The summed E-state index contributed by atoms with van der Waals surface area (Å²) in [5.74, 6) is -1.18. The van der Waals surface area contributed by atoms with Gasteiger partial charge in [0, 0.05) is 0 Å². The maximum absolute atomic E-state index is 12.2. The molecule has 2 aromatic carbocycles. The van der Waals surface area contributed by atoms with Crippen molar-refractivity contribution in [3.63, 3.8) is 0 Å². The molecule has 0 heterocycles. The summed E-state index contributed by atoms with van der Waals surface area (Å²) in [4.78, 5) is 34.8. The van der Waals surface area contributed by atoms with E-state index in [1.807, 2.05) is 0 Å². The Balaban J connectivity index is 2.07. The second kappa shape index (κ2) is 8.77. The molecule has 0 aromatic heterocycles. The van der Waals surface area contributed by atoms with Gasteiger partial charge in [-0.2, -0.15) is 0 Å². The zero-order valence-corrected chi connectivity index (χ0v) is 14.7. The smallest absolute Gasteiger partial charge is 0.338 e. The molecule has 142 valence electrons. The average molecular weight is 374 g/mol. The summed E-state index contributed by atoms with van der Waals surface area (Å²) in [6.07, 6.45) is -1.18. The maximum atomic E-state index is 12.2. The number of esters is 1. The van der Waals surface area contributed by atoms with Crippen molar-refractivity contribution in [1.82, 2.24) is 0 Å². The zero-order chi connectivity index (χ0) is 20.0. The van der Waals surface area contributed by atoms with Crippen molar-refractivity contribution in [2.45, 2.75) is 19.6 Å². The summed E-state index contributed by atoms with van der Waals surface area (Å²) < 4.78 is 10.0. The molecular weight excluding hydrogens is 356 g/mol. The Hall–Kier alpha value is -3.46. The Bertz CT molecular complexity index is 849. The van der Waals surface area contributed by atoms with Gasteiger partial charge < -0.3 is 19.9 Å². The van der Waals surface area contributed by atoms with Crippen LogP contribution in [0.5, 0.6) is 5.75 Å². The fraction of sp³-hybridized carbons (Fsp3) is 0.222. The molecule has 0 saturated carbocycles. The molecule has 1 atom stereocenters. The van der Waals surface area contributed by atoms with Gasteiger partial charge in [0.2, 0.25) is 0 Å². The molecule has 0 aliphatic carbocycles. The lowest BCUT2D eigenvalue weighted by Gasteiger charge is -2.14. The van der Waals surface area contributed by atoms with E-state index >= 15 is 0 Å². The Morgan fingerprint density at radius 3 is 2.44 bits per heavy atom. The minimum absolute atomic E-state index is 0.0407. The molecule has 2 aromatic rings. The van der Waals surface area contributed by atoms with Crippen molar-refractivity contribution >= 4 is 23.3 Å². The number of hydrogen-bond acceptors (Lipinski definition) is 7. The molecule has 9 heteroatoms. The molecule has 2 N–H and O–H groups in total. The normalized spacial score (nSPS) is 11.4. The SMILES string of the molecule is COc1ccc(NC(=O)[C@@H](C)OC(=O)c2ccc(CO)cc2)c([N+](=O)[O-])c1. The number of nitro benzene ring substituents is 1. The van der Waals surface area contributed by atoms with Gasteiger partial charge in [-0.3, -0.25) is 14.9 Å². The van der Waals surface area contributed by atoms with Crippen molar-refractivity contribution in [3.8, 4) is 5.75 Å². The third-order valence-electron chi connectivity index (χ3n) is 3.68. The minimum Gasteiger partial charge on any atom is -0.496 e. The second-order valence-corrected chi connectivity index (χ2v) is 5.53. The molecule has 9 nitrogen and oxygen atoms in total. The predicted octanol–water partition coefficient (Wildman–Crippen LogP) is 2.28. The molecule has 2 rings (SSSR count). The van der Waals surface area contributed by atoms with Crippen molar-refractivity contribution in [1.29, 1.82) is 0 Å². The van der Waals surface area contributed by atoms with Gasteiger partial charge >= 0.3 is 5.97 Å². The largest absolute Gasteiger partial charge is 0.496 e. The molecule has 0 aliphatic rings. The Morgan fingerprint density at radius 1 is 1.22 bits per heavy atom. The van der Waals surface area contributed by atoms with Crippen LogP contribution in [0.3, 0.4) is 0 Å². The molecule has 0 saturated heterocycles. The van der Waals surface area contributed by atoms with E-state index in [1.54, 1.807) is 12.1 Å². The highest BCUT2D eigenvalue weighted by atomic mass is 16.6. The van der Waals surface area contributed by atoms with Crippen molar-refractivity contribution in [2.24, 2.45) is 0 Å². The predicted molar refractivity (Wildman–Crippen MR) is 95.5 cm³/mol. The van der Waals surface area contributed by atoms with E-state index in [1.165, 1.54) is 44.4 Å². The maximum Gasteiger partial charge on any atom is 0.338 e. The third-order valence-corrected chi connectivity index (χ3v) is 3.68. The molecule has 0 spiro atoms. The fourth-order valence-electron chi connectivity index (χ4n) is 2.16. The van der Waals surface area contributed by atoms with Crippen LogP contribution in [-0.2, 0) is 16.1 Å². The molecule has 0 unspecified atom stereocenters. The lowest BCUT2D eigenvalue weighted by molar-refractivity contribution is -0.384. The number of nitrogens with zero attached hydrogens (tertiary/aromatic N) is 1. The molecule has 0 fully saturated rings. The van der Waals surface area contributed by atoms with Crippen LogP contribution in [0, 0.1) is 10.1 Å².